The minimum absolute atomic E-state index is 0.0593. The van der Waals surface area contributed by atoms with Crippen molar-refractivity contribution in [3.8, 4) is 0 Å². The Kier molecular flexibility index (Phi) is 5.72. The number of halogens is 1. The molecule has 0 atom stereocenters. The van der Waals surface area contributed by atoms with Crippen LogP contribution < -0.4 is 15.5 Å². The number of hydrogen-bond acceptors (Lipinski definition) is 3. The molecule has 1 aliphatic heterocycles. The van der Waals surface area contributed by atoms with E-state index in [0.29, 0.717) is 11.6 Å². The molecule has 2 N–H and O–H groups in total. The van der Waals surface area contributed by atoms with Gasteiger partial charge in [-0.05, 0) is 48.7 Å². The van der Waals surface area contributed by atoms with Gasteiger partial charge in [-0.3, -0.25) is 4.79 Å². The summed E-state index contributed by atoms with van der Waals surface area (Å²) in [7, 11) is 0. The molecule has 0 spiro atoms. The molecule has 0 aromatic heterocycles. The van der Waals surface area contributed by atoms with Gasteiger partial charge in [0.1, 0.15) is 0 Å². The minimum atomic E-state index is -0.0593. The van der Waals surface area contributed by atoms with Gasteiger partial charge >= 0.3 is 0 Å². The van der Waals surface area contributed by atoms with Gasteiger partial charge in [-0.1, -0.05) is 29.8 Å². The number of carbonyl (C=O) groups is 1. The predicted octanol–water partition coefficient (Wildman–Crippen LogP) is 3.67. The van der Waals surface area contributed by atoms with E-state index in [1.165, 1.54) is 18.5 Å². The Labute approximate surface area is 147 Å². The molecule has 1 amide bonds. The molecule has 1 saturated heterocycles. The van der Waals surface area contributed by atoms with Crippen LogP contribution in [0.15, 0.2) is 48.5 Å². The van der Waals surface area contributed by atoms with Crippen molar-refractivity contribution in [2.24, 2.45) is 0 Å². The molecule has 4 nitrogen and oxygen atoms in total. The van der Waals surface area contributed by atoms with Crippen molar-refractivity contribution in [3.05, 3.63) is 59.1 Å². The number of hydrogen-bond donors (Lipinski definition) is 2. The highest BCUT2D eigenvalue weighted by Crippen LogP contribution is 2.22. The molecule has 2 aromatic carbocycles. The highest BCUT2D eigenvalue weighted by atomic mass is 35.5. The average Bonchev–Trinajstić information content (AvgIpc) is 3.12. The van der Waals surface area contributed by atoms with E-state index >= 15 is 0 Å². The third-order valence-corrected chi connectivity index (χ3v) is 4.55. The fraction of sp³-hybridized carbons (Fsp3) is 0.316. The van der Waals surface area contributed by atoms with Crippen LogP contribution in [0, 0.1) is 0 Å². The van der Waals surface area contributed by atoms with E-state index in [4.69, 9.17) is 11.6 Å². The van der Waals surface area contributed by atoms with Crippen molar-refractivity contribution < 1.29 is 4.79 Å². The average molecular weight is 344 g/mol. The number of rotatable bonds is 6. The minimum Gasteiger partial charge on any atom is -0.372 e. The summed E-state index contributed by atoms with van der Waals surface area (Å²) >= 11 is 6.09. The Morgan fingerprint density at radius 3 is 2.46 bits per heavy atom. The summed E-state index contributed by atoms with van der Waals surface area (Å²) in [5.74, 6) is -0.0593. The van der Waals surface area contributed by atoms with Gasteiger partial charge < -0.3 is 15.5 Å². The van der Waals surface area contributed by atoms with E-state index in [1.807, 2.05) is 36.4 Å². The second-order valence-corrected chi connectivity index (χ2v) is 6.39. The maximum Gasteiger partial charge on any atom is 0.238 e. The van der Waals surface area contributed by atoms with E-state index in [0.717, 1.165) is 24.3 Å². The third kappa shape index (κ3) is 4.49. The lowest BCUT2D eigenvalue weighted by Crippen LogP contribution is -2.27. The van der Waals surface area contributed by atoms with Gasteiger partial charge in [0, 0.05) is 36.0 Å². The lowest BCUT2D eigenvalue weighted by Gasteiger charge is -2.17. The van der Waals surface area contributed by atoms with Gasteiger partial charge in [0.2, 0.25) is 5.91 Å². The van der Waals surface area contributed by atoms with Crippen molar-refractivity contribution >= 4 is 28.9 Å². The molecule has 1 heterocycles. The zero-order chi connectivity index (χ0) is 16.8. The number of nitrogens with zero attached hydrogens (tertiary/aromatic N) is 1. The maximum absolute atomic E-state index is 12.0. The van der Waals surface area contributed by atoms with Crippen LogP contribution in [0.25, 0.3) is 0 Å². The van der Waals surface area contributed by atoms with Crippen LogP contribution in [0.1, 0.15) is 18.4 Å². The Balaban J connectivity index is 1.45. The maximum atomic E-state index is 12.0. The largest absolute Gasteiger partial charge is 0.372 e. The van der Waals surface area contributed by atoms with Gasteiger partial charge in [0.15, 0.2) is 0 Å². The van der Waals surface area contributed by atoms with Crippen molar-refractivity contribution in [1.29, 1.82) is 0 Å². The molecule has 1 fully saturated rings. The fourth-order valence-corrected chi connectivity index (χ4v) is 3.09. The summed E-state index contributed by atoms with van der Waals surface area (Å²) < 4.78 is 0. The van der Waals surface area contributed by atoms with Crippen LogP contribution in [-0.2, 0) is 11.3 Å². The van der Waals surface area contributed by atoms with Crippen molar-refractivity contribution in [2.45, 2.75) is 19.4 Å². The van der Waals surface area contributed by atoms with Crippen LogP contribution in [0.4, 0.5) is 11.4 Å². The highest BCUT2D eigenvalue weighted by Gasteiger charge is 2.12. The predicted molar refractivity (Wildman–Crippen MR) is 99.7 cm³/mol. The molecule has 0 radical (unpaired) electrons. The molecule has 1 aliphatic rings. The Bertz CT molecular complexity index is 681. The summed E-state index contributed by atoms with van der Waals surface area (Å²) in [4.78, 5) is 14.4. The van der Waals surface area contributed by atoms with Gasteiger partial charge in [0.25, 0.3) is 0 Å². The lowest BCUT2D eigenvalue weighted by molar-refractivity contribution is -0.115. The first kappa shape index (κ1) is 16.8. The van der Waals surface area contributed by atoms with E-state index < -0.39 is 0 Å². The first-order valence-corrected chi connectivity index (χ1v) is 8.69. The van der Waals surface area contributed by atoms with Crippen LogP contribution >= 0.6 is 11.6 Å². The van der Waals surface area contributed by atoms with Gasteiger partial charge in [0.05, 0.1) is 6.54 Å². The van der Waals surface area contributed by atoms with Crippen LogP contribution in [0.2, 0.25) is 5.02 Å². The summed E-state index contributed by atoms with van der Waals surface area (Å²) in [6.07, 6.45) is 2.52. The second kappa shape index (κ2) is 8.18. The zero-order valence-corrected chi connectivity index (χ0v) is 14.4. The fourth-order valence-electron chi connectivity index (χ4n) is 2.89. The molecule has 5 heteroatoms. The molecular formula is C19H22ClN3O. The SMILES string of the molecule is O=C(CNCc1ccccc1Cl)Nc1ccc(N2CCCC2)cc1. The summed E-state index contributed by atoms with van der Waals surface area (Å²) in [6, 6.07) is 15.7. The molecule has 0 bridgehead atoms. The van der Waals surface area contributed by atoms with Crippen LogP contribution in [-0.4, -0.2) is 25.5 Å². The van der Waals surface area contributed by atoms with Crippen molar-refractivity contribution in [3.63, 3.8) is 0 Å². The summed E-state index contributed by atoms with van der Waals surface area (Å²) in [5, 5.41) is 6.73. The second-order valence-electron chi connectivity index (χ2n) is 5.98. The number of benzene rings is 2. The lowest BCUT2D eigenvalue weighted by atomic mass is 10.2. The third-order valence-electron chi connectivity index (χ3n) is 4.18. The number of anilines is 2. The summed E-state index contributed by atoms with van der Waals surface area (Å²) in [5.41, 5.74) is 3.03. The first-order chi connectivity index (χ1) is 11.7. The van der Waals surface area contributed by atoms with Gasteiger partial charge in [-0.25, -0.2) is 0 Å². The number of amides is 1. The number of carbonyl (C=O) groups excluding carboxylic acids is 1. The molecule has 24 heavy (non-hydrogen) atoms. The van der Waals surface area contributed by atoms with Crippen LogP contribution in [0.3, 0.4) is 0 Å². The molecule has 126 valence electrons. The topological polar surface area (TPSA) is 44.4 Å². The van der Waals surface area contributed by atoms with E-state index in [-0.39, 0.29) is 12.5 Å². The van der Waals surface area contributed by atoms with E-state index in [9.17, 15) is 4.79 Å². The monoisotopic (exact) mass is 343 g/mol. The highest BCUT2D eigenvalue weighted by molar-refractivity contribution is 6.31. The molecule has 0 unspecified atom stereocenters. The van der Waals surface area contributed by atoms with Crippen molar-refractivity contribution in [2.75, 3.05) is 29.9 Å². The number of nitrogens with one attached hydrogen (secondary N) is 2. The molecule has 3 rings (SSSR count). The quantitative estimate of drug-likeness (QED) is 0.841. The Morgan fingerprint density at radius 2 is 1.75 bits per heavy atom. The molecular weight excluding hydrogens is 322 g/mol. The van der Waals surface area contributed by atoms with E-state index in [2.05, 4.69) is 27.7 Å². The first-order valence-electron chi connectivity index (χ1n) is 8.31. The Hall–Kier alpha value is -2.04. The summed E-state index contributed by atoms with van der Waals surface area (Å²) in [6.45, 7) is 3.06. The van der Waals surface area contributed by atoms with Crippen molar-refractivity contribution in [1.82, 2.24) is 5.32 Å². The Morgan fingerprint density at radius 1 is 1.04 bits per heavy atom. The van der Waals surface area contributed by atoms with Gasteiger partial charge in [-0.2, -0.15) is 0 Å². The molecule has 0 aliphatic carbocycles. The smallest absolute Gasteiger partial charge is 0.238 e. The molecule has 2 aromatic rings. The van der Waals surface area contributed by atoms with E-state index in [1.54, 1.807) is 0 Å². The van der Waals surface area contributed by atoms with Crippen LogP contribution in [0.5, 0.6) is 0 Å². The van der Waals surface area contributed by atoms with Gasteiger partial charge in [-0.15, -0.1) is 0 Å². The normalized spacial score (nSPS) is 14.0. The standard InChI is InChI=1S/C19H22ClN3O/c20-18-6-2-1-5-15(18)13-21-14-19(24)22-16-7-9-17(10-8-16)23-11-3-4-12-23/h1-2,5-10,21H,3-4,11-14H2,(H,22,24). The zero-order valence-electron chi connectivity index (χ0n) is 13.6. The molecule has 0 saturated carbocycles.